The molecule has 8 aromatic rings. The van der Waals surface area contributed by atoms with Gasteiger partial charge >= 0.3 is 307 Å². The first-order valence-corrected chi connectivity index (χ1v) is 20.9. The zero-order valence-corrected chi connectivity index (χ0v) is 30.3. The number of nitrogens with zero attached hydrogens (tertiary/aromatic N) is 4. The summed E-state index contributed by atoms with van der Waals surface area (Å²) in [4.78, 5) is 73.2. The third-order valence-electron chi connectivity index (χ3n) is 8.10. The number of hydrogen-bond acceptors (Lipinski definition) is 12. The molecular formula is C40H24N4O8Sn. The van der Waals surface area contributed by atoms with Crippen LogP contribution in [0.15, 0.2) is 146 Å². The second kappa shape index (κ2) is 14.1. The summed E-state index contributed by atoms with van der Waals surface area (Å²) in [6.45, 7) is 0. The van der Waals surface area contributed by atoms with E-state index in [2.05, 4.69) is 19.9 Å². The van der Waals surface area contributed by atoms with Crippen molar-refractivity contribution < 1.29 is 31.5 Å². The molecule has 4 aromatic heterocycles. The van der Waals surface area contributed by atoms with Crippen molar-refractivity contribution in [2.24, 2.45) is 0 Å². The van der Waals surface area contributed by atoms with Gasteiger partial charge in [0.25, 0.3) is 0 Å². The number of para-hydroxylation sites is 4. The van der Waals surface area contributed by atoms with Crippen molar-refractivity contribution in [1.82, 2.24) is 19.9 Å². The summed E-state index contributed by atoms with van der Waals surface area (Å²) < 4.78 is 23.2. The molecule has 0 fully saturated rings. The fourth-order valence-electron chi connectivity index (χ4n) is 5.51. The molecule has 0 amide bonds. The van der Waals surface area contributed by atoms with Crippen molar-refractivity contribution >= 4 is 87.5 Å². The van der Waals surface area contributed by atoms with Crippen LogP contribution in [0.4, 0.5) is 0 Å². The van der Waals surface area contributed by atoms with Gasteiger partial charge in [0, 0.05) is 0 Å². The van der Waals surface area contributed by atoms with Crippen LogP contribution in [0.3, 0.4) is 0 Å². The standard InChI is InChI=1S/4C10H7NO2.Sn/c4*12-10(13)9-6-5-7-3-1-2-4-8(7)11-9;/h4*1-6H,(H,12,13);/q;;;;+4/p-4. The maximum atomic E-state index is 13.9. The van der Waals surface area contributed by atoms with Gasteiger partial charge < -0.3 is 0 Å². The van der Waals surface area contributed by atoms with Crippen LogP contribution in [-0.2, 0) is 12.3 Å². The fraction of sp³-hybridized carbons (Fsp3) is 0. The van der Waals surface area contributed by atoms with Crippen LogP contribution < -0.4 is 0 Å². The average Bonchev–Trinajstić information content (AvgIpc) is 3.19. The Kier molecular flexibility index (Phi) is 8.86. The van der Waals surface area contributed by atoms with Crippen LogP contribution in [0.2, 0.25) is 0 Å². The Bertz CT molecular complexity index is 2380. The van der Waals surface area contributed by atoms with E-state index >= 15 is 0 Å². The Hall–Kier alpha value is -6.80. The molecule has 8 rings (SSSR count). The summed E-state index contributed by atoms with van der Waals surface area (Å²) in [7, 11) is 0. The van der Waals surface area contributed by atoms with E-state index in [9.17, 15) is 19.2 Å². The summed E-state index contributed by atoms with van der Waals surface area (Å²) in [6, 6.07) is 40.2. The number of aromatic nitrogens is 4. The zero-order valence-electron chi connectivity index (χ0n) is 27.4. The van der Waals surface area contributed by atoms with E-state index in [0.29, 0.717) is 22.1 Å². The molecule has 256 valence electrons. The molecular weight excluding hydrogens is 783 g/mol. The SMILES string of the molecule is O=C([O][Sn]([O]C(=O)c1ccc2ccccc2n1)([O]C(=O)c1ccc2ccccc2n1)[O]C(=O)c1ccc2ccccc2n1)c1ccc2ccccc2n1. The van der Waals surface area contributed by atoms with Gasteiger partial charge in [-0.25, -0.2) is 0 Å². The molecule has 0 aliphatic heterocycles. The summed E-state index contributed by atoms with van der Waals surface area (Å²) in [5, 5.41) is 2.93. The fourth-order valence-corrected chi connectivity index (χ4v) is 10.0. The molecule has 0 N–H and O–H groups in total. The Morgan fingerprint density at radius 2 is 0.547 bits per heavy atom. The summed E-state index contributed by atoms with van der Waals surface area (Å²) in [5.41, 5.74) is 0.886. The Morgan fingerprint density at radius 1 is 0.321 bits per heavy atom. The number of pyridine rings is 4. The predicted octanol–water partition coefficient (Wildman–Crippen LogP) is 7.04. The number of rotatable bonds is 8. The first-order valence-electron chi connectivity index (χ1n) is 16.2. The van der Waals surface area contributed by atoms with Crippen molar-refractivity contribution in [3.8, 4) is 0 Å². The van der Waals surface area contributed by atoms with Crippen LogP contribution in [0.25, 0.3) is 43.6 Å². The molecule has 12 nitrogen and oxygen atoms in total. The van der Waals surface area contributed by atoms with Crippen molar-refractivity contribution in [3.63, 3.8) is 0 Å². The Balaban J connectivity index is 1.23. The van der Waals surface area contributed by atoms with Crippen LogP contribution in [0.5, 0.6) is 0 Å². The van der Waals surface area contributed by atoms with E-state index < -0.39 is 43.9 Å². The molecule has 0 aliphatic rings. The van der Waals surface area contributed by atoms with Gasteiger partial charge in [-0.2, -0.15) is 0 Å². The van der Waals surface area contributed by atoms with E-state index in [4.69, 9.17) is 12.3 Å². The molecule has 0 aliphatic carbocycles. The molecule has 0 saturated carbocycles. The normalized spacial score (nSPS) is 11.3. The van der Waals surface area contributed by atoms with Crippen molar-refractivity contribution in [2.45, 2.75) is 0 Å². The van der Waals surface area contributed by atoms with Gasteiger partial charge in [0.05, 0.1) is 0 Å². The first kappa shape index (κ1) is 33.3. The van der Waals surface area contributed by atoms with E-state index in [1.54, 1.807) is 97.1 Å². The molecule has 0 bridgehead atoms. The number of fused-ring (bicyclic) bond motifs is 4. The third-order valence-corrected chi connectivity index (χ3v) is 13.1. The quantitative estimate of drug-likeness (QED) is 0.145. The van der Waals surface area contributed by atoms with E-state index in [1.807, 2.05) is 24.3 Å². The van der Waals surface area contributed by atoms with Gasteiger partial charge in [0.15, 0.2) is 0 Å². The minimum absolute atomic E-state index is 0.232. The minimum atomic E-state index is -6.69. The van der Waals surface area contributed by atoms with Crippen LogP contribution in [0, 0.1) is 0 Å². The van der Waals surface area contributed by atoms with Gasteiger partial charge in [0.1, 0.15) is 0 Å². The number of carbonyl (C=O) groups is 4. The van der Waals surface area contributed by atoms with Crippen molar-refractivity contribution in [1.29, 1.82) is 0 Å². The summed E-state index contributed by atoms with van der Waals surface area (Å²) in [5.74, 6) is -4.71. The van der Waals surface area contributed by atoms with Gasteiger partial charge in [-0.15, -0.1) is 0 Å². The number of benzene rings is 4. The predicted molar refractivity (Wildman–Crippen MR) is 194 cm³/mol. The van der Waals surface area contributed by atoms with Gasteiger partial charge in [-0.05, 0) is 0 Å². The van der Waals surface area contributed by atoms with Gasteiger partial charge in [-0.3, -0.25) is 0 Å². The van der Waals surface area contributed by atoms with E-state index in [0.717, 1.165) is 21.5 Å². The Morgan fingerprint density at radius 3 is 0.792 bits per heavy atom. The average molecular weight is 807 g/mol. The first-order chi connectivity index (χ1) is 25.8. The molecule has 0 radical (unpaired) electrons. The molecule has 53 heavy (non-hydrogen) atoms. The van der Waals surface area contributed by atoms with Gasteiger partial charge in [-0.1, -0.05) is 0 Å². The second-order valence-corrected chi connectivity index (χ2v) is 16.8. The molecule has 4 aromatic carbocycles. The molecule has 0 unspecified atom stereocenters. The molecule has 0 spiro atoms. The summed E-state index contributed by atoms with van der Waals surface area (Å²) >= 11 is -6.69. The molecule has 13 heteroatoms. The number of hydrogen-bond donors (Lipinski definition) is 0. The van der Waals surface area contributed by atoms with Crippen LogP contribution in [0.1, 0.15) is 42.0 Å². The molecule has 4 heterocycles. The van der Waals surface area contributed by atoms with Crippen LogP contribution in [-0.4, -0.2) is 63.8 Å². The van der Waals surface area contributed by atoms with E-state index in [-0.39, 0.29) is 22.8 Å². The zero-order chi connectivity index (χ0) is 36.4. The van der Waals surface area contributed by atoms with E-state index in [1.165, 1.54) is 24.3 Å². The topological polar surface area (TPSA) is 157 Å². The van der Waals surface area contributed by atoms with Crippen molar-refractivity contribution in [3.05, 3.63) is 168 Å². The monoisotopic (exact) mass is 808 g/mol. The maximum absolute atomic E-state index is 13.9. The van der Waals surface area contributed by atoms with Crippen molar-refractivity contribution in [2.75, 3.05) is 0 Å². The number of carbonyl (C=O) groups excluding carboxylic acids is 4. The second-order valence-electron chi connectivity index (χ2n) is 11.6. The Labute approximate surface area is 306 Å². The third kappa shape index (κ3) is 7.07. The molecule has 0 saturated heterocycles. The molecule has 0 atom stereocenters. The summed E-state index contributed by atoms with van der Waals surface area (Å²) in [6.07, 6.45) is 0. The van der Waals surface area contributed by atoms with Gasteiger partial charge in [0.2, 0.25) is 0 Å². The van der Waals surface area contributed by atoms with Crippen LogP contribution >= 0.6 is 0 Å².